The van der Waals surface area contributed by atoms with Crippen molar-refractivity contribution in [2.24, 2.45) is 0 Å². The number of benzene rings is 1. The number of carbonyl (C=O) groups is 1. The molecule has 0 aliphatic rings. The smallest absolute Gasteiger partial charge is 0.330 e. The summed E-state index contributed by atoms with van der Waals surface area (Å²) < 4.78 is 43.9. The van der Waals surface area contributed by atoms with Crippen LogP contribution in [0.25, 0.3) is 17.2 Å². The minimum atomic E-state index is -3.20. The lowest BCUT2D eigenvalue weighted by Crippen LogP contribution is -2.19. The largest absolute Gasteiger partial charge is 0.481 e. The van der Waals surface area contributed by atoms with Gasteiger partial charge in [-0.15, -0.1) is 0 Å². The molecule has 1 aromatic heterocycles. The third-order valence-electron chi connectivity index (χ3n) is 7.05. The normalized spacial score (nSPS) is 13.3. The van der Waals surface area contributed by atoms with E-state index in [2.05, 4.69) is 11.8 Å². The SMILES string of the molecule is CCOP(=O)(CCCC#Cc1cc(F)ccc1-c1c(/C=C/[C@@H](O)C[C@@H](O)CC(=O)O)c(C(C)C)nc(C(C)C)c1COC)OCC. The van der Waals surface area contributed by atoms with Gasteiger partial charge in [-0.3, -0.25) is 14.3 Å². The summed E-state index contributed by atoms with van der Waals surface area (Å²) in [5.41, 5.74) is 4.88. The van der Waals surface area contributed by atoms with Crippen molar-refractivity contribution >= 4 is 19.6 Å². The topological polar surface area (TPSA) is 135 Å². The number of hydrogen-bond donors (Lipinski definition) is 3. The van der Waals surface area contributed by atoms with Crippen molar-refractivity contribution in [1.82, 2.24) is 4.98 Å². The maximum absolute atomic E-state index is 14.7. The third-order valence-corrected chi connectivity index (χ3v) is 9.21. The van der Waals surface area contributed by atoms with Gasteiger partial charge in [-0.1, -0.05) is 57.8 Å². The second-order valence-corrected chi connectivity index (χ2v) is 13.8. The molecule has 2 atom stereocenters. The van der Waals surface area contributed by atoms with Gasteiger partial charge in [0, 0.05) is 42.3 Å². The van der Waals surface area contributed by atoms with Crippen LogP contribution in [0.4, 0.5) is 4.39 Å². The zero-order chi connectivity index (χ0) is 34.4. The van der Waals surface area contributed by atoms with E-state index in [-0.39, 0.29) is 44.2 Å². The molecule has 0 saturated heterocycles. The van der Waals surface area contributed by atoms with Crippen molar-refractivity contribution in [3.05, 3.63) is 58.2 Å². The Hall–Kier alpha value is -2.90. The maximum Gasteiger partial charge on any atom is 0.330 e. The molecule has 46 heavy (non-hydrogen) atoms. The van der Waals surface area contributed by atoms with Gasteiger partial charge in [0.05, 0.1) is 50.3 Å². The number of nitrogens with zero attached hydrogens (tertiary/aromatic N) is 1. The lowest BCUT2D eigenvalue weighted by Gasteiger charge is -2.24. The van der Waals surface area contributed by atoms with Gasteiger partial charge in [0.1, 0.15) is 5.82 Å². The molecule has 9 nitrogen and oxygen atoms in total. The summed E-state index contributed by atoms with van der Waals surface area (Å²) in [6.07, 6.45) is 1.30. The van der Waals surface area contributed by atoms with E-state index >= 15 is 0 Å². The number of pyridine rings is 1. The molecule has 254 valence electrons. The molecule has 0 aliphatic carbocycles. The first-order valence-corrected chi connectivity index (χ1v) is 17.5. The summed E-state index contributed by atoms with van der Waals surface area (Å²) in [4.78, 5) is 16.0. The number of hydrogen-bond acceptors (Lipinski definition) is 8. The Bertz CT molecular complexity index is 1440. The molecule has 1 aromatic carbocycles. The lowest BCUT2D eigenvalue weighted by molar-refractivity contribution is -0.139. The maximum atomic E-state index is 14.7. The number of aliphatic carboxylic acids is 1. The van der Waals surface area contributed by atoms with Gasteiger partial charge in [-0.2, -0.15) is 0 Å². The van der Waals surface area contributed by atoms with Crippen LogP contribution < -0.4 is 0 Å². The van der Waals surface area contributed by atoms with Crippen LogP contribution in [0.15, 0.2) is 24.3 Å². The van der Waals surface area contributed by atoms with Crippen molar-refractivity contribution in [2.75, 3.05) is 26.5 Å². The van der Waals surface area contributed by atoms with Gasteiger partial charge in [0.2, 0.25) is 0 Å². The molecule has 0 spiro atoms. The molecule has 0 fully saturated rings. The van der Waals surface area contributed by atoms with Crippen LogP contribution in [0.1, 0.15) is 107 Å². The second kappa shape index (κ2) is 19.0. The van der Waals surface area contributed by atoms with Crippen LogP contribution in [-0.2, 0) is 29.8 Å². The highest BCUT2D eigenvalue weighted by Gasteiger charge is 2.25. The summed E-state index contributed by atoms with van der Waals surface area (Å²) in [5.74, 6) is 4.59. The number of rotatable bonds is 18. The number of halogens is 1. The molecule has 3 N–H and O–H groups in total. The van der Waals surface area contributed by atoms with Crippen LogP contribution in [0, 0.1) is 17.7 Å². The van der Waals surface area contributed by atoms with E-state index in [0.717, 1.165) is 22.5 Å². The third kappa shape index (κ3) is 11.7. The van der Waals surface area contributed by atoms with Gasteiger partial charge in [-0.05, 0) is 55.4 Å². The zero-order valence-electron chi connectivity index (χ0n) is 28.0. The van der Waals surface area contributed by atoms with Crippen LogP contribution in [0.5, 0.6) is 0 Å². The van der Waals surface area contributed by atoms with Gasteiger partial charge < -0.3 is 29.1 Å². The van der Waals surface area contributed by atoms with E-state index in [1.54, 1.807) is 33.1 Å². The van der Waals surface area contributed by atoms with Crippen LogP contribution in [0.3, 0.4) is 0 Å². The molecule has 0 bridgehead atoms. The predicted octanol–water partition coefficient (Wildman–Crippen LogP) is 7.28. The van der Waals surface area contributed by atoms with Crippen molar-refractivity contribution < 1.29 is 42.9 Å². The molecule has 1 heterocycles. The van der Waals surface area contributed by atoms with E-state index in [4.69, 9.17) is 23.9 Å². The van der Waals surface area contributed by atoms with E-state index in [1.165, 1.54) is 18.2 Å². The molecule has 2 rings (SSSR count). The van der Waals surface area contributed by atoms with Crippen molar-refractivity contribution in [1.29, 1.82) is 0 Å². The number of aromatic nitrogens is 1. The quantitative estimate of drug-likeness (QED) is 0.0856. The molecular formula is C35H49FNO8P. The van der Waals surface area contributed by atoms with E-state index in [9.17, 15) is 24.0 Å². The van der Waals surface area contributed by atoms with Crippen LogP contribution in [0.2, 0.25) is 0 Å². The highest BCUT2D eigenvalue weighted by molar-refractivity contribution is 7.53. The summed E-state index contributed by atoms with van der Waals surface area (Å²) in [6.45, 7) is 12.4. The molecule has 0 unspecified atom stereocenters. The van der Waals surface area contributed by atoms with Gasteiger partial charge in [0.15, 0.2) is 0 Å². The minimum absolute atomic E-state index is 0.0255. The Morgan fingerprint density at radius 1 is 1.09 bits per heavy atom. The fraction of sp³-hybridized carbons (Fsp3) is 0.543. The Morgan fingerprint density at radius 2 is 1.74 bits per heavy atom. The molecule has 0 amide bonds. The average molecular weight is 662 g/mol. The highest BCUT2D eigenvalue weighted by Crippen LogP contribution is 2.48. The average Bonchev–Trinajstić information content (AvgIpc) is 2.95. The first-order valence-electron chi connectivity index (χ1n) is 15.7. The number of aliphatic hydroxyl groups is 2. The number of aliphatic hydroxyl groups excluding tert-OH is 2. The van der Waals surface area contributed by atoms with E-state index in [0.29, 0.717) is 29.5 Å². The summed E-state index contributed by atoms with van der Waals surface area (Å²) in [6, 6.07) is 4.41. The van der Waals surface area contributed by atoms with E-state index < -0.39 is 38.0 Å². The molecule has 0 aliphatic heterocycles. The number of ether oxygens (including phenoxy) is 1. The van der Waals surface area contributed by atoms with Gasteiger partial charge in [0.25, 0.3) is 0 Å². The number of carboxylic acid groups (broad SMARTS) is 1. The number of unbranched alkanes of at least 4 members (excludes halogenated alkanes) is 1. The first kappa shape index (κ1) is 39.3. The van der Waals surface area contributed by atoms with Crippen molar-refractivity contribution in [2.45, 2.75) is 97.9 Å². The Labute approximate surface area is 272 Å². The van der Waals surface area contributed by atoms with Gasteiger partial charge >= 0.3 is 13.6 Å². The first-order chi connectivity index (χ1) is 21.8. The molecule has 0 saturated carbocycles. The lowest BCUT2D eigenvalue weighted by atomic mass is 9.85. The highest BCUT2D eigenvalue weighted by atomic mass is 31.2. The van der Waals surface area contributed by atoms with E-state index in [1.807, 2.05) is 27.7 Å². The number of methoxy groups -OCH3 is 1. The molecule has 11 heteroatoms. The summed E-state index contributed by atoms with van der Waals surface area (Å²) >= 11 is 0. The Kier molecular flexibility index (Phi) is 16.3. The van der Waals surface area contributed by atoms with Crippen LogP contribution in [-0.4, -0.2) is 65.0 Å². The Balaban J connectivity index is 2.72. The fourth-order valence-electron chi connectivity index (χ4n) is 5.13. The van der Waals surface area contributed by atoms with Crippen LogP contribution >= 0.6 is 7.60 Å². The fourth-order valence-corrected chi connectivity index (χ4v) is 6.79. The van der Waals surface area contributed by atoms with Gasteiger partial charge in [-0.25, -0.2) is 4.39 Å². The Morgan fingerprint density at radius 3 is 2.30 bits per heavy atom. The minimum Gasteiger partial charge on any atom is -0.481 e. The van der Waals surface area contributed by atoms with Crippen molar-refractivity contribution in [3.8, 4) is 23.0 Å². The number of carboxylic acids is 1. The second-order valence-electron chi connectivity index (χ2n) is 11.6. The summed E-state index contributed by atoms with van der Waals surface area (Å²) in [5, 5.41) is 29.8. The standard InChI is InChI=1S/C35H49FNO8P/c1-8-44-46(42,45-9-2)18-12-10-11-13-25-19-26(36)14-16-29(25)33-30(17-15-27(38)20-28(39)21-32(40)41)34(23(3)4)37-35(24(5)6)31(33)22-43-7/h14-17,19,23-24,27-28,38-39H,8-10,12,18,20-22H2,1-7H3,(H,40,41)/b17-15+/t27-,28-/m1/s1. The monoisotopic (exact) mass is 661 g/mol. The molecule has 2 aromatic rings. The predicted molar refractivity (Wildman–Crippen MR) is 178 cm³/mol. The molecular weight excluding hydrogens is 612 g/mol. The molecule has 0 radical (unpaired) electrons. The summed E-state index contributed by atoms with van der Waals surface area (Å²) in [7, 11) is -1.62. The zero-order valence-corrected chi connectivity index (χ0v) is 28.9. The van der Waals surface area contributed by atoms with Crippen molar-refractivity contribution in [3.63, 3.8) is 0 Å².